The fourth-order valence-corrected chi connectivity index (χ4v) is 3.27. The molecule has 0 spiro atoms. The highest BCUT2D eigenvalue weighted by atomic mass is 35.5. The van der Waals surface area contributed by atoms with Gasteiger partial charge in [0.1, 0.15) is 5.82 Å². The minimum atomic E-state index is -0.263. The second-order valence-corrected chi connectivity index (χ2v) is 6.54. The van der Waals surface area contributed by atoms with Crippen LogP contribution < -0.4 is 5.69 Å². The zero-order valence-electron chi connectivity index (χ0n) is 13.4. The van der Waals surface area contributed by atoms with Crippen molar-refractivity contribution < 1.29 is 0 Å². The zero-order chi connectivity index (χ0) is 17.3. The van der Waals surface area contributed by atoms with Gasteiger partial charge < -0.3 is 0 Å². The Morgan fingerprint density at radius 1 is 1.58 bits per heavy atom. The van der Waals surface area contributed by atoms with Crippen molar-refractivity contribution in [1.29, 1.82) is 5.26 Å². The van der Waals surface area contributed by atoms with E-state index in [1.807, 2.05) is 13.0 Å². The fraction of sp³-hybridized carbons (Fsp3) is 0.412. The van der Waals surface area contributed by atoms with E-state index in [1.165, 1.54) is 4.68 Å². The maximum Gasteiger partial charge on any atom is 0.346 e. The first-order chi connectivity index (χ1) is 11.5. The smallest absolute Gasteiger partial charge is 0.271 e. The molecule has 0 bridgehead atoms. The number of aromatic nitrogens is 4. The second-order valence-electron chi connectivity index (χ2n) is 6.10. The maximum atomic E-state index is 12.7. The Balaban J connectivity index is 1.86. The third kappa shape index (κ3) is 3.00. The predicted octanol–water partition coefficient (Wildman–Crippen LogP) is 2.73. The van der Waals surface area contributed by atoms with Crippen LogP contribution in [0.3, 0.4) is 0 Å². The molecule has 0 aromatic carbocycles. The summed E-state index contributed by atoms with van der Waals surface area (Å²) in [6.07, 6.45) is 5.40. The number of halogens is 1. The van der Waals surface area contributed by atoms with Crippen molar-refractivity contribution >= 4 is 11.6 Å². The van der Waals surface area contributed by atoms with Gasteiger partial charge >= 0.3 is 5.69 Å². The van der Waals surface area contributed by atoms with Crippen molar-refractivity contribution in [3.8, 4) is 6.07 Å². The van der Waals surface area contributed by atoms with Gasteiger partial charge in [-0.1, -0.05) is 23.8 Å². The minimum absolute atomic E-state index is 0.0830. The number of nitrogens with zero attached hydrogens (tertiary/aromatic N) is 5. The van der Waals surface area contributed by atoms with Crippen molar-refractivity contribution in [2.45, 2.75) is 38.8 Å². The molecule has 2 aromatic heterocycles. The number of nitriles is 1. The van der Waals surface area contributed by atoms with Gasteiger partial charge in [-0.05, 0) is 31.4 Å². The van der Waals surface area contributed by atoms with Gasteiger partial charge in [-0.25, -0.2) is 9.48 Å². The van der Waals surface area contributed by atoms with Crippen LogP contribution in [-0.2, 0) is 13.0 Å². The molecule has 0 fully saturated rings. The van der Waals surface area contributed by atoms with Gasteiger partial charge in [0.05, 0.1) is 23.1 Å². The molecule has 2 aromatic rings. The van der Waals surface area contributed by atoms with Crippen LogP contribution in [0.2, 0.25) is 5.02 Å². The van der Waals surface area contributed by atoms with E-state index in [1.54, 1.807) is 17.0 Å². The lowest BCUT2D eigenvalue weighted by atomic mass is 10.0. The largest absolute Gasteiger partial charge is 0.346 e. The summed E-state index contributed by atoms with van der Waals surface area (Å²) in [6, 6.07) is 3.96. The Labute approximate surface area is 145 Å². The number of hydrogen-bond donors (Lipinski definition) is 0. The summed E-state index contributed by atoms with van der Waals surface area (Å²) in [5, 5.41) is 14.1. The normalized spacial score (nSPS) is 17.3. The Bertz CT molecular complexity index is 876. The summed E-state index contributed by atoms with van der Waals surface area (Å²) in [6.45, 7) is 6.05. The van der Waals surface area contributed by atoms with E-state index >= 15 is 0 Å². The van der Waals surface area contributed by atoms with Gasteiger partial charge in [-0.15, -0.1) is 0 Å². The average molecular weight is 344 g/mol. The number of hydrogen-bond acceptors (Lipinski definition) is 4. The molecule has 7 heteroatoms. The van der Waals surface area contributed by atoms with E-state index in [9.17, 15) is 4.79 Å². The van der Waals surface area contributed by atoms with E-state index in [0.717, 1.165) is 29.8 Å². The molecule has 3 heterocycles. The molecular formula is C17H18ClN5O. The van der Waals surface area contributed by atoms with E-state index in [2.05, 4.69) is 22.7 Å². The Kier molecular flexibility index (Phi) is 4.54. The molecule has 24 heavy (non-hydrogen) atoms. The number of fused-ring (bicyclic) bond motifs is 1. The lowest BCUT2D eigenvalue weighted by Crippen LogP contribution is -2.28. The number of rotatable bonds is 5. The van der Waals surface area contributed by atoms with Crippen LogP contribution in [0.15, 0.2) is 35.4 Å². The molecule has 0 saturated heterocycles. The quantitative estimate of drug-likeness (QED) is 0.782. The summed E-state index contributed by atoms with van der Waals surface area (Å²) >= 11 is 6.02. The van der Waals surface area contributed by atoms with E-state index in [4.69, 9.17) is 16.9 Å². The molecule has 0 aliphatic carbocycles. The van der Waals surface area contributed by atoms with Crippen LogP contribution in [0, 0.1) is 17.2 Å². The first-order valence-electron chi connectivity index (χ1n) is 7.85. The molecular weight excluding hydrogens is 326 g/mol. The topological polar surface area (TPSA) is 76.5 Å². The fourth-order valence-electron chi connectivity index (χ4n) is 3.09. The van der Waals surface area contributed by atoms with Crippen molar-refractivity contribution in [3.05, 3.63) is 57.5 Å². The first-order valence-corrected chi connectivity index (χ1v) is 8.22. The molecule has 2 atom stereocenters. The number of aryl methyl sites for hydroxylation is 2. The predicted molar refractivity (Wildman–Crippen MR) is 90.7 cm³/mol. The van der Waals surface area contributed by atoms with Gasteiger partial charge in [-0.3, -0.25) is 9.55 Å². The molecule has 124 valence electrons. The van der Waals surface area contributed by atoms with Gasteiger partial charge in [-0.2, -0.15) is 10.4 Å². The van der Waals surface area contributed by atoms with Crippen molar-refractivity contribution in [2.24, 2.45) is 5.92 Å². The highest BCUT2D eigenvalue weighted by molar-refractivity contribution is 6.30. The summed E-state index contributed by atoms with van der Waals surface area (Å²) in [7, 11) is 0. The molecule has 1 aliphatic rings. The van der Waals surface area contributed by atoms with Crippen LogP contribution in [0.25, 0.3) is 0 Å². The van der Waals surface area contributed by atoms with E-state index in [-0.39, 0.29) is 17.6 Å². The molecule has 1 aliphatic heterocycles. The molecule has 0 radical (unpaired) electrons. The highest BCUT2D eigenvalue weighted by Gasteiger charge is 2.29. The van der Waals surface area contributed by atoms with Crippen LogP contribution >= 0.6 is 11.6 Å². The van der Waals surface area contributed by atoms with Gasteiger partial charge in [0.15, 0.2) is 0 Å². The van der Waals surface area contributed by atoms with Crippen molar-refractivity contribution in [1.82, 2.24) is 19.3 Å². The summed E-state index contributed by atoms with van der Waals surface area (Å²) < 4.78 is 3.17. The summed E-state index contributed by atoms with van der Waals surface area (Å²) in [5.74, 6) is 0.509. The molecule has 0 saturated carbocycles. The molecule has 0 amide bonds. The maximum absolute atomic E-state index is 12.7. The Hall–Kier alpha value is -2.39. The third-order valence-electron chi connectivity index (χ3n) is 4.39. The zero-order valence-corrected chi connectivity index (χ0v) is 14.2. The SMILES string of the molecule is C=C(C)C(C#N)CCn1nc2n(c1=O)C(c1cncc(Cl)c1)CC2. The monoisotopic (exact) mass is 343 g/mol. The summed E-state index contributed by atoms with van der Waals surface area (Å²) in [5.41, 5.74) is 1.57. The Morgan fingerprint density at radius 3 is 3.04 bits per heavy atom. The third-order valence-corrected chi connectivity index (χ3v) is 4.59. The van der Waals surface area contributed by atoms with Crippen molar-refractivity contribution in [2.75, 3.05) is 0 Å². The Morgan fingerprint density at radius 2 is 2.38 bits per heavy atom. The molecule has 3 rings (SSSR count). The van der Waals surface area contributed by atoms with E-state index < -0.39 is 0 Å². The van der Waals surface area contributed by atoms with Crippen LogP contribution in [-0.4, -0.2) is 19.3 Å². The van der Waals surface area contributed by atoms with Crippen LogP contribution in [0.5, 0.6) is 0 Å². The standard InChI is InChI=1S/C17H18ClN5O/c1-11(2)12(8-19)5-6-22-17(24)23-15(3-4-16(23)21-22)13-7-14(18)10-20-9-13/h7,9-10,12,15H,1,3-6H2,2H3. The number of allylic oxidation sites excluding steroid dienone is 1. The van der Waals surface area contributed by atoms with Crippen LogP contribution in [0.1, 0.15) is 37.2 Å². The number of pyridine rings is 1. The highest BCUT2D eigenvalue weighted by Crippen LogP contribution is 2.30. The van der Waals surface area contributed by atoms with Crippen LogP contribution in [0.4, 0.5) is 0 Å². The average Bonchev–Trinajstić information content (AvgIpc) is 3.09. The van der Waals surface area contributed by atoms with Gasteiger partial charge in [0, 0.05) is 25.4 Å². The summed E-state index contributed by atoms with van der Waals surface area (Å²) in [4.78, 5) is 16.8. The first kappa shape index (κ1) is 16.5. The minimum Gasteiger partial charge on any atom is -0.271 e. The van der Waals surface area contributed by atoms with Gasteiger partial charge in [0.25, 0.3) is 0 Å². The lowest BCUT2D eigenvalue weighted by Gasteiger charge is -2.12. The molecule has 2 unspecified atom stereocenters. The van der Waals surface area contributed by atoms with E-state index in [0.29, 0.717) is 18.0 Å². The lowest BCUT2D eigenvalue weighted by molar-refractivity contribution is 0.495. The second kappa shape index (κ2) is 6.62. The molecule has 0 N–H and O–H groups in total. The van der Waals surface area contributed by atoms with Crippen molar-refractivity contribution in [3.63, 3.8) is 0 Å². The molecule has 6 nitrogen and oxygen atoms in total. The van der Waals surface area contributed by atoms with Gasteiger partial charge in [0.2, 0.25) is 0 Å².